The molecular formula is C10H19N5O. The van der Waals surface area contributed by atoms with Crippen LogP contribution in [0.2, 0.25) is 0 Å². The molecule has 0 bridgehead atoms. The van der Waals surface area contributed by atoms with Gasteiger partial charge in [-0.3, -0.25) is 4.90 Å². The largest absolute Gasteiger partial charge is 0.396 e. The van der Waals surface area contributed by atoms with E-state index in [-0.39, 0.29) is 6.61 Å². The molecule has 1 heterocycles. The molecule has 2 rings (SSSR count). The first-order valence-corrected chi connectivity index (χ1v) is 5.95. The van der Waals surface area contributed by atoms with Gasteiger partial charge in [0.2, 0.25) is 0 Å². The van der Waals surface area contributed by atoms with Gasteiger partial charge in [-0.25, -0.2) is 4.68 Å². The lowest BCUT2D eigenvalue weighted by molar-refractivity contribution is 0.219. The number of tetrazole rings is 1. The number of aliphatic hydroxyl groups is 1. The molecule has 0 radical (unpaired) electrons. The van der Waals surface area contributed by atoms with Gasteiger partial charge in [-0.2, -0.15) is 0 Å². The van der Waals surface area contributed by atoms with Crippen LogP contribution >= 0.6 is 0 Å². The van der Waals surface area contributed by atoms with Crippen LogP contribution in [0.3, 0.4) is 0 Å². The molecule has 1 aromatic rings. The van der Waals surface area contributed by atoms with Crippen molar-refractivity contribution < 1.29 is 5.11 Å². The van der Waals surface area contributed by atoms with Gasteiger partial charge in [-0.1, -0.05) is 6.92 Å². The van der Waals surface area contributed by atoms with Crippen LogP contribution < -0.4 is 0 Å². The van der Waals surface area contributed by atoms with Gasteiger partial charge in [0, 0.05) is 13.2 Å². The van der Waals surface area contributed by atoms with E-state index in [4.69, 9.17) is 5.11 Å². The fraction of sp³-hybridized carbons (Fsp3) is 0.900. The van der Waals surface area contributed by atoms with E-state index in [1.54, 1.807) is 0 Å². The normalized spacial score (nSPS) is 15.9. The summed E-state index contributed by atoms with van der Waals surface area (Å²) in [6.45, 7) is 4.98. The first kappa shape index (κ1) is 11.5. The average Bonchev–Trinajstić information content (AvgIpc) is 3.05. The topological polar surface area (TPSA) is 67.1 Å². The van der Waals surface area contributed by atoms with Gasteiger partial charge >= 0.3 is 0 Å². The third-order valence-electron chi connectivity index (χ3n) is 2.90. The molecule has 1 saturated carbocycles. The fourth-order valence-corrected chi connectivity index (χ4v) is 1.76. The predicted molar refractivity (Wildman–Crippen MR) is 58.7 cm³/mol. The molecule has 6 nitrogen and oxygen atoms in total. The second-order valence-electron chi connectivity index (χ2n) is 4.22. The Hall–Kier alpha value is -1.01. The second-order valence-corrected chi connectivity index (χ2v) is 4.22. The highest BCUT2D eigenvalue weighted by atomic mass is 16.3. The minimum absolute atomic E-state index is 0.240. The quantitative estimate of drug-likeness (QED) is 0.718. The van der Waals surface area contributed by atoms with Crippen LogP contribution in [0.15, 0.2) is 0 Å². The third-order valence-corrected chi connectivity index (χ3v) is 2.90. The molecule has 16 heavy (non-hydrogen) atoms. The van der Waals surface area contributed by atoms with Gasteiger partial charge in [0.15, 0.2) is 5.82 Å². The van der Waals surface area contributed by atoms with E-state index in [0.717, 1.165) is 31.9 Å². The second kappa shape index (κ2) is 5.36. The van der Waals surface area contributed by atoms with E-state index in [9.17, 15) is 0 Å². The zero-order valence-electron chi connectivity index (χ0n) is 9.71. The first-order chi connectivity index (χ1) is 7.85. The molecule has 1 aliphatic rings. The lowest BCUT2D eigenvalue weighted by Crippen LogP contribution is -2.26. The van der Waals surface area contributed by atoms with Crippen LogP contribution in [0.1, 0.15) is 38.1 Å². The van der Waals surface area contributed by atoms with Crippen molar-refractivity contribution >= 4 is 0 Å². The van der Waals surface area contributed by atoms with E-state index in [1.807, 2.05) is 4.68 Å². The Morgan fingerprint density at radius 3 is 2.94 bits per heavy atom. The van der Waals surface area contributed by atoms with E-state index in [1.165, 1.54) is 12.8 Å². The van der Waals surface area contributed by atoms with E-state index < -0.39 is 0 Å². The Morgan fingerprint density at radius 2 is 2.31 bits per heavy atom. The molecule has 0 atom stereocenters. The van der Waals surface area contributed by atoms with E-state index >= 15 is 0 Å². The standard InChI is InChI=1S/C10H19N5O/c1-2-14(6-3-7-16)8-10-11-12-13-15(10)9-4-5-9/h9,16H,2-8H2,1H3. The number of aliphatic hydroxyl groups excluding tert-OH is 1. The maximum Gasteiger partial charge on any atom is 0.165 e. The van der Waals surface area contributed by atoms with Crippen LogP contribution in [-0.4, -0.2) is 49.9 Å². The van der Waals surface area contributed by atoms with Crippen LogP contribution in [0.5, 0.6) is 0 Å². The Labute approximate surface area is 95.2 Å². The zero-order valence-corrected chi connectivity index (χ0v) is 9.71. The molecule has 90 valence electrons. The molecule has 1 aliphatic carbocycles. The molecule has 0 aliphatic heterocycles. The maximum absolute atomic E-state index is 8.82. The van der Waals surface area contributed by atoms with Gasteiger partial charge in [0.25, 0.3) is 0 Å². The summed E-state index contributed by atoms with van der Waals surface area (Å²) in [5, 5.41) is 20.7. The molecule has 1 fully saturated rings. The highest BCUT2D eigenvalue weighted by molar-refractivity contribution is 4.90. The predicted octanol–water partition coefficient (Wildman–Crippen LogP) is 0.212. The zero-order chi connectivity index (χ0) is 11.4. The van der Waals surface area contributed by atoms with Crippen LogP contribution in [-0.2, 0) is 6.54 Å². The summed E-state index contributed by atoms with van der Waals surface area (Å²) < 4.78 is 1.95. The summed E-state index contributed by atoms with van der Waals surface area (Å²) in [5.74, 6) is 0.947. The molecule has 0 spiro atoms. The molecule has 0 saturated heterocycles. The lowest BCUT2D eigenvalue weighted by Gasteiger charge is -2.18. The summed E-state index contributed by atoms with van der Waals surface area (Å²) in [7, 11) is 0. The number of nitrogens with zero attached hydrogens (tertiary/aromatic N) is 5. The summed E-state index contributed by atoms with van der Waals surface area (Å²) in [5.41, 5.74) is 0. The summed E-state index contributed by atoms with van der Waals surface area (Å²) in [4.78, 5) is 2.25. The van der Waals surface area contributed by atoms with Crippen molar-refractivity contribution in [3.8, 4) is 0 Å². The molecule has 6 heteroatoms. The number of hydrogen-bond acceptors (Lipinski definition) is 5. The summed E-state index contributed by atoms with van der Waals surface area (Å²) in [6, 6.07) is 0.529. The highest BCUT2D eigenvalue weighted by Crippen LogP contribution is 2.34. The first-order valence-electron chi connectivity index (χ1n) is 5.95. The molecule has 1 aromatic heterocycles. The molecule has 0 amide bonds. The number of hydrogen-bond donors (Lipinski definition) is 1. The average molecular weight is 225 g/mol. The third kappa shape index (κ3) is 2.76. The molecule has 0 unspecified atom stereocenters. The van der Waals surface area contributed by atoms with Crippen molar-refractivity contribution in [1.82, 2.24) is 25.1 Å². The van der Waals surface area contributed by atoms with Gasteiger partial charge in [-0.05, 0) is 36.2 Å². The maximum atomic E-state index is 8.82. The van der Waals surface area contributed by atoms with Crippen LogP contribution in [0.4, 0.5) is 0 Å². The van der Waals surface area contributed by atoms with Crippen molar-refractivity contribution in [2.24, 2.45) is 0 Å². The van der Waals surface area contributed by atoms with Gasteiger partial charge < -0.3 is 5.11 Å². The summed E-state index contributed by atoms with van der Waals surface area (Å²) >= 11 is 0. The Balaban J connectivity index is 1.92. The van der Waals surface area contributed by atoms with Crippen molar-refractivity contribution in [2.45, 2.75) is 38.8 Å². The minimum Gasteiger partial charge on any atom is -0.396 e. The fourth-order valence-electron chi connectivity index (χ4n) is 1.76. The van der Waals surface area contributed by atoms with E-state index in [0.29, 0.717) is 6.04 Å². The van der Waals surface area contributed by atoms with Crippen molar-refractivity contribution in [2.75, 3.05) is 19.7 Å². The molecule has 1 N–H and O–H groups in total. The van der Waals surface area contributed by atoms with E-state index in [2.05, 4.69) is 27.3 Å². The minimum atomic E-state index is 0.240. The Morgan fingerprint density at radius 1 is 1.50 bits per heavy atom. The monoisotopic (exact) mass is 225 g/mol. The van der Waals surface area contributed by atoms with Crippen LogP contribution in [0, 0.1) is 0 Å². The highest BCUT2D eigenvalue weighted by Gasteiger charge is 2.27. The van der Waals surface area contributed by atoms with Crippen molar-refractivity contribution in [3.05, 3.63) is 5.82 Å². The summed E-state index contributed by atoms with van der Waals surface area (Å²) in [6.07, 6.45) is 3.19. The Bertz CT molecular complexity index is 323. The van der Waals surface area contributed by atoms with Crippen molar-refractivity contribution in [1.29, 1.82) is 0 Å². The number of rotatable bonds is 7. The molecular weight excluding hydrogens is 206 g/mol. The van der Waals surface area contributed by atoms with Gasteiger partial charge in [0.05, 0.1) is 12.6 Å². The van der Waals surface area contributed by atoms with Crippen LogP contribution in [0.25, 0.3) is 0 Å². The van der Waals surface area contributed by atoms with Crippen molar-refractivity contribution in [3.63, 3.8) is 0 Å². The molecule has 0 aromatic carbocycles. The van der Waals surface area contributed by atoms with Gasteiger partial charge in [-0.15, -0.1) is 5.10 Å². The smallest absolute Gasteiger partial charge is 0.165 e. The number of aromatic nitrogens is 4. The lowest BCUT2D eigenvalue weighted by atomic mass is 10.3. The SMILES string of the molecule is CCN(CCCO)Cc1nnnn1C1CC1. The van der Waals surface area contributed by atoms with Gasteiger partial charge in [0.1, 0.15) is 0 Å². The Kier molecular flexibility index (Phi) is 3.84.